The van der Waals surface area contributed by atoms with Crippen LogP contribution in [0.25, 0.3) is 11.2 Å². The highest BCUT2D eigenvalue weighted by molar-refractivity contribution is 7.99. The van der Waals surface area contributed by atoms with Gasteiger partial charge in [0.2, 0.25) is 11.8 Å². The number of nitrogens with zero attached hydrogens (tertiary/aromatic N) is 4. The van der Waals surface area contributed by atoms with E-state index in [9.17, 15) is 57.9 Å². The number of phosphoric acid groups is 3. The number of imidazole rings is 1. The number of amides is 2. The number of aliphatic hydroxyl groups excluding tert-OH is 2. The predicted molar refractivity (Wildman–Crippen MR) is 184 cm³/mol. The number of hydrogen-bond acceptors (Lipinski definition) is 18. The maximum atomic E-state index is 12.6. The number of nitrogen functional groups attached to an aromatic ring is 1. The summed E-state index contributed by atoms with van der Waals surface area (Å²) in [5.74, 6) is -2.09. The number of nitrogens with two attached hydrogens (primary N) is 1. The number of carbonyl (C=O) groups is 3. The summed E-state index contributed by atoms with van der Waals surface area (Å²) in [5, 5.41) is 35.2. The second-order valence-corrected chi connectivity index (χ2v) is 17.8. The van der Waals surface area contributed by atoms with Crippen LogP contribution >= 0.6 is 35.2 Å². The van der Waals surface area contributed by atoms with Crippen molar-refractivity contribution < 1.29 is 85.6 Å². The summed E-state index contributed by atoms with van der Waals surface area (Å²) in [6.45, 7) is 2.08. The molecule has 1 fully saturated rings. The maximum Gasteiger partial charge on any atom is 0.481 e. The number of carbonyl (C=O) groups excluding carboxylic acids is 2. The molecule has 0 spiro atoms. The van der Waals surface area contributed by atoms with Crippen LogP contribution in [0.1, 0.15) is 33.4 Å². The van der Waals surface area contributed by atoms with Gasteiger partial charge in [0.05, 0.1) is 25.5 Å². The Morgan fingerprint density at radius 1 is 1.07 bits per heavy atom. The third kappa shape index (κ3) is 13.5. The van der Waals surface area contributed by atoms with Crippen LogP contribution in [0.4, 0.5) is 5.82 Å². The number of anilines is 1. The number of carboxylic acid groups (broad SMARTS) is 1. The smallest absolute Gasteiger partial charge is 0.481 e. The summed E-state index contributed by atoms with van der Waals surface area (Å²) in [5.41, 5.74) is 4.24. The van der Waals surface area contributed by atoms with E-state index in [1.165, 1.54) is 25.6 Å². The Hall–Kier alpha value is -2.64. The monoisotopic (exact) mass is 853 g/mol. The van der Waals surface area contributed by atoms with Gasteiger partial charge in [-0.3, -0.25) is 32.5 Å². The number of carboxylic acids is 1. The third-order valence-corrected chi connectivity index (χ3v) is 11.8. The molecule has 0 saturated carbocycles. The molecule has 3 heterocycles. The summed E-state index contributed by atoms with van der Waals surface area (Å²) in [6.07, 6.45) is -6.93. The minimum Gasteiger partial charge on any atom is -0.481 e. The largest absolute Gasteiger partial charge is 0.481 e. The van der Waals surface area contributed by atoms with Crippen molar-refractivity contribution >= 4 is 70.0 Å². The second-order valence-electron chi connectivity index (χ2n) is 12.4. The van der Waals surface area contributed by atoms with Crippen LogP contribution in [0.5, 0.6) is 0 Å². The second kappa shape index (κ2) is 19.0. The first kappa shape index (κ1) is 45.7. The van der Waals surface area contributed by atoms with Gasteiger partial charge in [0.25, 0.3) is 0 Å². The fraction of sp³-hybridized carbons (Fsp3) is 0.680. The van der Waals surface area contributed by atoms with E-state index in [0.29, 0.717) is 11.5 Å². The highest BCUT2D eigenvalue weighted by Crippen LogP contribution is 2.61. The lowest BCUT2D eigenvalue weighted by molar-refractivity contribution is -0.140. The Bertz CT molecular complexity index is 1780. The molecule has 29 heteroatoms. The molecule has 8 atom stereocenters. The average Bonchev–Trinajstić information content (AvgIpc) is 3.62. The van der Waals surface area contributed by atoms with Crippen LogP contribution in [-0.2, 0) is 50.7 Å². The zero-order valence-corrected chi connectivity index (χ0v) is 32.3. The standard InChI is InChI=1S/C25H42N7O18P3S/c1-13(24(37)38)9-54-7-6-27-15(33)4-5-28-22(36)19(35)25(2,3)10-47-53(44,45)50-52(42,43)46-8-14-18(49-51(39,40)41)17(34)23(48-14)32-12-31-16-20(26)29-11-30-21(16)32/h11-14,17-19,23,34-35H,4-10H2,1-3H3,(H,27,33)(H,28,36)(H,37,38)(H,42,43)(H,44,45)(H2,26,29,30)(H2,39,40,41). The van der Waals surface area contributed by atoms with Gasteiger partial charge in [0.1, 0.15) is 36.3 Å². The van der Waals surface area contributed by atoms with Crippen molar-refractivity contribution in [3.05, 3.63) is 12.7 Å². The Kier molecular flexibility index (Phi) is 16.1. The average molecular weight is 854 g/mol. The van der Waals surface area contributed by atoms with Crippen molar-refractivity contribution in [1.29, 1.82) is 0 Å². The maximum absolute atomic E-state index is 12.6. The number of fused-ring (bicyclic) bond motifs is 1. The van der Waals surface area contributed by atoms with Crippen LogP contribution in [0.3, 0.4) is 0 Å². The summed E-state index contributed by atoms with van der Waals surface area (Å²) >= 11 is 1.34. The zero-order chi connectivity index (χ0) is 40.6. The molecular weight excluding hydrogens is 811 g/mol. The highest BCUT2D eigenvalue weighted by Gasteiger charge is 2.50. The number of hydrogen-bond donors (Lipinski definition) is 10. The molecule has 1 saturated heterocycles. The Morgan fingerprint density at radius 3 is 2.39 bits per heavy atom. The minimum atomic E-state index is -5.57. The molecule has 1 aliphatic heterocycles. The molecule has 11 N–H and O–H groups in total. The predicted octanol–water partition coefficient (Wildman–Crippen LogP) is -1.14. The summed E-state index contributed by atoms with van der Waals surface area (Å²) in [4.78, 5) is 86.2. The van der Waals surface area contributed by atoms with Gasteiger partial charge in [0, 0.05) is 36.4 Å². The molecule has 306 valence electrons. The van der Waals surface area contributed by atoms with Gasteiger partial charge in [-0.05, 0) is 0 Å². The number of aromatic nitrogens is 4. The molecule has 0 radical (unpaired) electrons. The molecule has 0 bridgehead atoms. The lowest BCUT2D eigenvalue weighted by atomic mass is 9.87. The van der Waals surface area contributed by atoms with E-state index in [0.717, 1.165) is 17.2 Å². The van der Waals surface area contributed by atoms with Crippen LogP contribution in [-0.4, -0.2) is 134 Å². The van der Waals surface area contributed by atoms with Gasteiger partial charge in [-0.25, -0.2) is 28.6 Å². The first-order valence-electron chi connectivity index (χ1n) is 15.6. The van der Waals surface area contributed by atoms with Gasteiger partial charge in [-0.2, -0.15) is 16.1 Å². The lowest BCUT2D eigenvalue weighted by Gasteiger charge is -2.30. The van der Waals surface area contributed by atoms with Crippen molar-refractivity contribution in [3.63, 3.8) is 0 Å². The molecule has 25 nitrogen and oxygen atoms in total. The van der Waals surface area contributed by atoms with E-state index in [1.807, 2.05) is 0 Å². The number of ether oxygens (including phenoxy) is 1. The Labute approximate surface area is 310 Å². The molecule has 0 aromatic carbocycles. The van der Waals surface area contributed by atoms with Crippen molar-refractivity contribution in [2.75, 3.05) is 43.5 Å². The number of nitrogens with one attached hydrogen (secondary N) is 2. The quantitative estimate of drug-likeness (QED) is 0.0494. The van der Waals surface area contributed by atoms with Gasteiger partial charge in [-0.1, -0.05) is 20.8 Å². The molecule has 1 aliphatic rings. The molecule has 2 amide bonds. The van der Waals surface area contributed by atoms with Crippen molar-refractivity contribution in [1.82, 2.24) is 30.2 Å². The van der Waals surface area contributed by atoms with E-state index in [4.69, 9.17) is 24.6 Å². The summed E-state index contributed by atoms with van der Waals surface area (Å²) in [6, 6.07) is 0. The summed E-state index contributed by atoms with van der Waals surface area (Å²) in [7, 11) is -16.4. The molecule has 0 aliphatic carbocycles. The van der Waals surface area contributed by atoms with E-state index in [2.05, 4.69) is 34.4 Å². The molecule has 3 rings (SSSR count). The van der Waals surface area contributed by atoms with Crippen LogP contribution in [0.15, 0.2) is 12.7 Å². The minimum absolute atomic E-state index is 0.0271. The Morgan fingerprint density at radius 2 is 1.74 bits per heavy atom. The van der Waals surface area contributed by atoms with Crippen molar-refractivity contribution in [2.24, 2.45) is 11.3 Å². The molecule has 2 aromatic heterocycles. The molecule has 2 aromatic rings. The van der Waals surface area contributed by atoms with Gasteiger partial charge in [0.15, 0.2) is 17.7 Å². The van der Waals surface area contributed by atoms with Gasteiger partial charge < -0.3 is 56.0 Å². The molecule has 54 heavy (non-hydrogen) atoms. The third-order valence-electron chi connectivity index (χ3n) is 7.44. The Balaban J connectivity index is 1.50. The fourth-order valence-corrected chi connectivity index (χ4v) is 8.27. The van der Waals surface area contributed by atoms with Crippen LogP contribution in [0.2, 0.25) is 0 Å². The zero-order valence-electron chi connectivity index (χ0n) is 28.8. The first-order chi connectivity index (χ1) is 24.9. The van der Waals surface area contributed by atoms with E-state index in [-0.39, 0.29) is 36.5 Å². The van der Waals surface area contributed by atoms with E-state index in [1.54, 1.807) is 6.92 Å². The number of aliphatic hydroxyl groups is 2. The van der Waals surface area contributed by atoms with Crippen molar-refractivity contribution in [3.8, 4) is 0 Å². The normalized spacial score (nSPS) is 22.6. The van der Waals surface area contributed by atoms with E-state index < -0.39 is 96.4 Å². The lowest BCUT2D eigenvalue weighted by Crippen LogP contribution is -2.46. The van der Waals surface area contributed by atoms with E-state index >= 15 is 0 Å². The molecule has 8 unspecified atom stereocenters. The topological polar surface area (TPSA) is 384 Å². The highest BCUT2D eigenvalue weighted by atomic mass is 32.2. The van der Waals surface area contributed by atoms with Gasteiger partial charge >= 0.3 is 29.4 Å². The number of aliphatic carboxylic acids is 1. The number of rotatable bonds is 22. The van der Waals surface area contributed by atoms with Crippen molar-refractivity contribution in [2.45, 2.75) is 57.8 Å². The SMILES string of the molecule is CC(CSCCNC(=O)CCNC(=O)C(O)C(C)(C)COP(=O)(O)OP(=O)(O)OCC1OC(n2cnc3c(N)ncnc32)C(O)C1OP(=O)(O)O)C(=O)O. The van der Waals surface area contributed by atoms with Crippen LogP contribution in [0, 0.1) is 11.3 Å². The number of thioether (sulfide) groups is 1. The molecular formula is C25H42N7O18P3S. The summed E-state index contributed by atoms with van der Waals surface area (Å²) < 4.78 is 61.9. The van der Waals surface area contributed by atoms with Crippen LogP contribution < -0.4 is 16.4 Å². The first-order valence-corrected chi connectivity index (χ1v) is 21.3. The van der Waals surface area contributed by atoms with Gasteiger partial charge in [-0.15, -0.1) is 0 Å². The number of phosphoric ester groups is 3. The fourth-order valence-electron chi connectivity index (χ4n) is 4.53.